The van der Waals surface area contributed by atoms with Gasteiger partial charge in [-0.25, -0.2) is 0 Å². The Balaban J connectivity index is 1.19. The van der Waals surface area contributed by atoms with Crippen molar-refractivity contribution in [2.24, 2.45) is 0 Å². The fourth-order valence-corrected chi connectivity index (χ4v) is 9.36. The Bertz CT molecular complexity index is 3040. The topological polar surface area (TPSA) is 29.5 Å². The van der Waals surface area contributed by atoms with Gasteiger partial charge >= 0.3 is 0 Å². The molecule has 3 nitrogen and oxygen atoms in total. The lowest BCUT2D eigenvalue weighted by molar-refractivity contribution is 0.445. The zero-order chi connectivity index (χ0) is 36.3. The average Bonchev–Trinajstić information content (AvgIpc) is 3.83. The quantitative estimate of drug-likeness (QED) is 0.172. The number of nitrogens with zero attached hydrogens (tertiary/aromatic N) is 1. The highest BCUT2D eigenvalue weighted by molar-refractivity contribution is 6.12. The molecule has 55 heavy (non-hydrogen) atoms. The van der Waals surface area contributed by atoms with Crippen LogP contribution in [0.4, 0.5) is 17.1 Å². The minimum absolute atomic E-state index is 0.573. The number of furan rings is 2. The molecule has 0 amide bonds. The molecule has 3 heteroatoms. The van der Waals surface area contributed by atoms with Gasteiger partial charge in [0, 0.05) is 43.9 Å². The van der Waals surface area contributed by atoms with Crippen molar-refractivity contribution in [1.29, 1.82) is 0 Å². The fraction of sp³-hybridized carbons (Fsp3) is 0.115. The maximum Gasteiger partial charge on any atom is 0.143 e. The Morgan fingerprint density at radius 1 is 0.418 bits per heavy atom. The molecule has 1 saturated carbocycles. The molecule has 0 atom stereocenters. The van der Waals surface area contributed by atoms with Crippen molar-refractivity contribution in [3.05, 3.63) is 175 Å². The summed E-state index contributed by atoms with van der Waals surface area (Å²) < 4.78 is 13.0. The highest BCUT2D eigenvalue weighted by atomic mass is 16.3. The summed E-state index contributed by atoms with van der Waals surface area (Å²) in [6.45, 7) is 0. The minimum atomic E-state index is 0.573. The summed E-state index contributed by atoms with van der Waals surface area (Å²) in [5, 5.41) is 7.12. The molecule has 0 spiro atoms. The van der Waals surface area contributed by atoms with Gasteiger partial charge in [0.25, 0.3) is 0 Å². The second-order valence-electron chi connectivity index (χ2n) is 15.0. The Labute approximate surface area is 320 Å². The van der Waals surface area contributed by atoms with E-state index in [1.807, 2.05) is 12.1 Å². The summed E-state index contributed by atoms with van der Waals surface area (Å²) in [5.41, 5.74) is 12.9. The Morgan fingerprint density at radius 2 is 0.982 bits per heavy atom. The fourth-order valence-electron chi connectivity index (χ4n) is 9.36. The monoisotopic (exact) mass is 709 g/mol. The van der Waals surface area contributed by atoms with Gasteiger partial charge in [-0.3, -0.25) is 0 Å². The summed E-state index contributed by atoms with van der Waals surface area (Å²) in [5.74, 6) is 0.573. The van der Waals surface area contributed by atoms with E-state index < -0.39 is 0 Å². The lowest BCUT2D eigenvalue weighted by atomic mass is 9.80. The molecule has 0 saturated heterocycles. The molecular formula is C52H39NO2. The van der Waals surface area contributed by atoms with Gasteiger partial charge in [0.05, 0.1) is 11.4 Å². The van der Waals surface area contributed by atoms with Gasteiger partial charge in [-0.15, -0.1) is 0 Å². The number of benzene rings is 8. The summed E-state index contributed by atoms with van der Waals surface area (Å²) >= 11 is 0. The molecule has 10 aromatic rings. The molecule has 0 aliphatic heterocycles. The number of anilines is 3. The molecule has 0 radical (unpaired) electrons. The number of fused-ring (bicyclic) bond motifs is 7. The molecule has 0 unspecified atom stereocenters. The van der Waals surface area contributed by atoms with E-state index in [4.69, 9.17) is 8.83 Å². The van der Waals surface area contributed by atoms with Crippen LogP contribution in [0.1, 0.15) is 43.6 Å². The zero-order valence-corrected chi connectivity index (χ0v) is 30.5. The Morgan fingerprint density at radius 3 is 1.76 bits per heavy atom. The van der Waals surface area contributed by atoms with Crippen LogP contribution in [0.3, 0.4) is 0 Å². The highest BCUT2D eigenvalue weighted by Crippen LogP contribution is 2.49. The molecule has 1 fully saturated rings. The highest BCUT2D eigenvalue weighted by Gasteiger charge is 2.25. The third-order valence-corrected chi connectivity index (χ3v) is 11.9. The summed E-state index contributed by atoms with van der Waals surface area (Å²) in [6.07, 6.45) is 6.44. The van der Waals surface area contributed by atoms with Crippen LogP contribution in [-0.4, -0.2) is 0 Å². The van der Waals surface area contributed by atoms with Crippen LogP contribution < -0.4 is 4.90 Å². The second kappa shape index (κ2) is 13.1. The molecule has 2 aromatic heterocycles. The lowest BCUT2D eigenvalue weighted by Gasteiger charge is -2.30. The first-order valence-electron chi connectivity index (χ1n) is 19.6. The molecule has 1 aliphatic rings. The van der Waals surface area contributed by atoms with E-state index in [9.17, 15) is 0 Å². The van der Waals surface area contributed by atoms with Gasteiger partial charge < -0.3 is 13.7 Å². The first kappa shape index (κ1) is 31.9. The SMILES string of the molecule is c1ccc(N(c2ccc3oc4ccccc4c3c2)c2ccccc2-c2cccc3cccc(C4CCCCC4)c23)c(-c2cccc3c2oc2ccccc23)c1. The van der Waals surface area contributed by atoms with Gasteiger partial charge in [-0.1, -0.05) is 147 Å². The maximum absolute atomic E-state index is 6.66. The Hall–Kier alpha value is -6.58. The van der Waals surface area contributed by atoms with Crippen LogP contribution >= 0.6 is 0 Å². The van der Waals surface area contributed by atoms with Crippen molar-refractivity contribution < 1.29 is 8.83 Å². The third-order valence-electron chi connectivity index (χ3n) is 11.9. The van der Waals surface area contributed by atoms with Gasteiger partial charge in [0.1, 0.15) is 22.3 Å². The van der Waals surface area contributed by atoms with E-state index in [0.29, 0.717) is 5.92 Å². The van der Waals surface area contributed by atoms with Crippen LogP contribution in [0, 0.1) is 0 Å². The van der Waals surface area contributed by atoms with Crippen LogP contribution in [0.5, 0.6) is 0 Å². The maximum atomic E-state index is 6.66. The predicted molar refractivity (Wildman–Crippen MR) is 230 cm³/mol. The van der Waals surface area contributed by atoms with Gasteiger partial charge in [-0.05, 0) is 83.1 Å². The van der Waals surface area contributed by atoms with Crippen molar-refractivity contribution in [3.63, 3.8) is 0 Å². The number of para-hydroxylation sites is 5. The van der Waals surface area contributed by atoms with Crippen LogP contribution in [-0.2, 0) is 0 Å². The molecule has 0 N–H and O–H groups in total. The van der Waals surface area contributed by atoms with Crippen LogP contribution in [0.2, 0.25) is 0 Å². The second-order valence-corrected chi connectivity index (χ2v) is 15.0. The van der Waals surface area contributed by atoms with Crippen molar-refractivity contribution in [2.75, 3.05) is 4.90 Å². The normalized spacial score (nSPS) is 13.7. The Kier molecular flexibility index (Phi) is 7.58. The zero-order valence-electron chi connectivity index (χ0n) is 30.5. The largest absolute Gasteiger partial charge is 0.456 e. The van der Waals surface area contributed by atoms with Crippen molar-refractivity contribution in [2.45, 2.75) is 38.0 Å². The minimum Gasteiger partial charge on any atom is -0.456 e. The van der Waals surface area contributed by atoms with Crippen molar-refractivity contribution >= 4 is 71.7 Å². The van der Waals surface area contributed by atoms with E-state index in [2.05, 4.69) is 163 Å². The molecule has 2 heterocycles. The van der Waals surface area contributed by atoms with E-state index in [-0.39, 0.29) is 0 Å². The van der Waals surface area contributed by atoms with E-state index in [1.54, 1.807) is 0 Å². The van der Waals surface area contributed by atoms with Gasteiger partial charge in [0.2, 0.25) is 0 Å². The lowest BCUT2D eigenvalue weighted by Crippen LogP contribution is -2.12. The summed E-state index contributed by atoms with van der Waals surface area (Å²) in [4.78, 5) is 2.45. The molecule has 264 valence electrons. The molecule has 0 bridgehead atoms. The third kappa shape index (κ3) is 5.26. The summed E-state index contributed by atoms with van der Waals surface area (Å²) in [7, 11) is 0. The van der Waals surface area contributed by atoms with E-state index in [1.165, 1.54) is 59.6 Å². The molecular weight excluding hydrogens is 671 g/mol. The first-order valence-corrected chi connectivity index (χ1v) is 19.6. The number of hydrogen-bond donors (Lipinski definition) is 0. The van der Waals surface area contributed by atoms with Gasteiger partial charge in [0.15, 0.2) is 0 Å². The average molecular weight is 710 g/mol. The first-order chi connectivity index (χ1) is 27.3. The van der Waals surface area contributed by atoms with Crippen molar-refractivity contribution in [1.82, 2.24) is 0 Å². The van der Waals surface area contributed by atoms with Gasteiger partial charge in [-0.2, -0.15) is 0 Å². The van der Waals surface area contributed by atoms with Crippen molar-refractivity contribution in [3.8, 4) is 22.3 Å². The van der Waals surface area contributed by atoms with Crippen LogP contribution in [0.25, 0.3) is 76.9 Å². The number of hydrogen-bond acceptors (Lipinski definition) is 3. The summed E-state index contributed by atoms with van der Waals surface area (Å²) in [6, 6.07) is 61.3. The predicted octanol–water partition coefficient (Wildman–Crippen LogP) is 15.5. The van der Waals surface area contributed by atoms with E-state index in [0.717, 1.165) is 72.1 Å². The van der Waals surface area contributed by atoms with Crippen LogP contribution in [0.15, 0.2) is 179 Å². The molecule has 8 aromatic carbocycles. The molecule has 1 aliphatic carbocycles. The smallest absolute Gasteiger partial charge is 0.143 e. The standard InChI is InChI=1S/C52H39NO2/c1-2-15-34(16-3-1)37-23-12-17-35-18-13-24-42(51(35)37)38-19-4-8-27-46(38)53(36-31-32-50-45(33-36)41-22-7-10-29-48(41)54-50)47-28-9-5-20-39(47)43-25-14-26-44-40-21-6-11-30-49(40)55-52(43)44/h4-14,17-34H,1-3,15-16H2. The van der Waals surface area contributed by atoms with E-state index >= 15 is 0 Å². The number of rotatable bonds is 6. The molecule has 11 rings (SSSR count).